The number of likely N-dealkylation sites (tertiary alicyclic amines) is 1. The van der Waals surface area contributed by atoms with Gasteiger partial charge in [-0.05, 0) is 53.9 Å². The molecule has 1 aliphatic heterocycles. The number of imide groups is 1. The minimum absolute atomic E-state index is 0.109. The van der Waals surface area contributed by atoms with Crippen LogP contribution in [0.1, 0.15) is 80.0 Å². The molecule has 1 saturated heterocycles. The highest BCUT2D eigenvalue weighted by Gasteiger charge is 2.63. The molecule has 2 aromatic carbocycles. The lowest BCUT2D eigenvalue weighted by atomic mass is 9.55. The third kappa shape index (κ3) is 3.02. The van der Waals surface area contributed by atoms with Crippen LogP contribution in [0.15, 0.2) is 48.5 Å². The maximum absolute atomic E-state index is 14.0. The Balaban J connectivity index is 1.39. The van der Waals surface area contributed by atoms with Crippen LogP contribution in [0, 0.1) is 17.8 Å². The molecule has 0 aromatic heterocycles. The topological polar surface area (TPSA) is 63.7 Å². The second kappa shape index (κ2) is 8.07. The van der Waals surface area contributed by atoms with E-state index in [0.717, 1.165) is 54.4 Å². The van der Waals surface area contributed by atoms with Gasteiger partial charge in [-0.2, -0.15) is 0 Å². The Bertz CT molecular complexity index is 1050. The molecule has 176 valence electrons. The fourth-order valence-electron chi connectivity index (χ4n) is 7.07. The Morgan fingerprint density at radius 3 is 1.65 bits per heavy atom. The van der Waals surface area contributed by atoms with Gasteiger partial charge in [-0.25, -0.2) is 4.79 Å². The Labute approximate surface area is 200 Å². The summed E-state index contributed by atoms with van der Waals surface area (Å²) in [5, 5.41) is 0. The SMILES string of the molecule is CC(C)[C@H](C(=O)OC1CCCCC1)N1C(=O)[C@H]2C3c4ccccc4C(c4ccccc43)[C@@H]2C1=O. The molecule has 5 heteroatoms. The zero-order valence-electron chi connectivity index (χ0n) is 19.8. The second-order valence-corrected chi connectivity index (χ2v) is 10.7. The fourth-order valence-corrected chi connectivity index (χ4v) is 7.07. The van der Waals surface area contributed by atoms with Crippen LogP contribution < -0.4 is 0 Å². The van der Waals surface area contributed by atoms with Gasteiger partial charge in [0.25, 0.3) is 0 Å². The average molecular weight is 458 g/mol. The van der Waals surface area contributed by atoms with E-state index < -0.39 is 23.8 Å². The molecule has 0 unspecified atom stereocenters. The van der Waals surface area contributed by atoms with Gasteiger partial charge >= 0.3 is 5.97 Å². The summed E-state index contributed by atoms with van der Waals surface area (Å²) < 4.78 is 5.89. The maximum atomic E-state index is 14.0. The smallest absolute Gasteiger partial charge is 0.329 e. The van der Waals surface area contributed by atoms with Gasteiger partial charge in [0, 0.05) is 11.8 Å². The molecule has 34 heavy (non-hydrogen) atoms. The highest BCUT2D eigenvalue weighted by atomic mass is 16.5. The summed E-state index contributed by atoms with van der Waals surface area (Å²) in [5.74, 6) is -2.33. The minimum Gasteiger partial charge on any atom is -0.461 e. The van der Waals surface area contributed by atoms with Crippen molar-refractivity contribution in [2.24, 2.45) is 17.8 Å². The predicted octanol–water partition coefficient (Wildman–Crippen LogP) is 4.78. The molecule has 2 fully saturated rings. The lowest BCUT2D eigenvalue weighted by molar-refractivity contribution is -0.165. The molecule has 4 aliphatic carbocycles. The molecule has 7 rings (SSSR count). The van der Waals surface area contributed by atoms with E-state index in [1.54, 1.807) is 0 Å². The highest BCUT2D eigenvalue weighted by Crippen LogP contribution is 2.61. The van der Waals surface area contributed by atoms with Crippen LogP contribution in [0.2, 0.25) is 0 Å². The average Bonchev–Trinajstić information content (AvgIpc) is 3.10. The summed E-state index contributed by atoms with van der Waals surface area (Å²) in [6.07, 6.45) is 4.88. The first-order chi connectivity index (χ1) is 16.5. The standard InChI is InChI=1S/C29H31NO4/c1-16(2)26(29(33)34-17-10-4-3-5-11-17)30-27(31)24-22-18-12-6-7-13-19(18)23(25(24)28(30)32)21-15-9-8-14-20(21)22/h6-9,12-17,22-26H,3-5,10-11H2,1-2H3/t22?,23?,24-,25-,26+/m0/s1. The van der Waals surface area contributed by atoms with Gasteiger partial charge < -0.3 is 4.74 Å². The molecular weight excluding hydrogens is 426 g/mol. The minimum atomic E-state index is -0.877. The van der Waals surface area contributed by atoms with Gasteiger partial charge in [0.15, 0.2) is 0 Å². The van der Waals surface area contributed by atoms with E-state index in [4.69, 9.17) is 4.74 Å². The molecule has 0 spiro atoms. The Kier molecular flexibility index (Phi) is 5.12. The van der Waals surface area contributed by atoms with Crippen LogP contribution >= 0.6 is 0 Å². The van der Waals surface area contributed by atoms with E-state index in [1.807, 2.05) is 38.1 Å². The third-order valence-corrected chi connectivity index (χ3v) is 8.47. The van der Waals surface area contributed by atoms with Crippen molar-refractivity contribution in [2.75, 3.05) is 0 Å². The maximum Gasteiger partial charge on any atom is 0.329 e. The number of ether oxygens (including phenoxy) is 1. The van der Waals surface area contributed by atoms with Gasteiger partial charge in [0.2, 0.25) is 11.8 Å². The van der Waals surface area contributed by atoms with Crippen LogP contribution in [0.5, 0.6) is 0 Å². The molecule has 5 nitrogen and oxygen atoms in total. The van der Waals surface area contributed by atoms with Crippen molar-refractivity contribution in [3.8, 4) is 0 Å². The number of rotatable bonds is 4. The summed E-state index contributed by atoms with van der Waals surface area (Å²) in [4.78, 5) is 42.7. The highest BCUT2D eigenvalue weighted by molar-refractivity contribution is 6.10. The lowest BCUT2D eigenvalue weighted by Gasteiger charge is -2.45. The second-order valence-electron chi connectivity index (χ2n) is 10.7. The lowest BCUT2D eigenvalue weighted by Crippen LogP contribution is -2.50. The summed E-state index contributed by atoms with van der Waals surface area (Å²) in [5.41, 5.74) is 4.56. The number of benzene rings is 2. The normalized spacial score (nSPS) is 28.5. The molecule has 5 aliphatic rings. The quantitative estimate of drug-likeness (QED) is 0.490. The third-order valence-electron chi connectivity index (χ3n) is 8.47. The number of hydrogen-bond donors (Lipinski definition) is 0. The molecule has 3 atom stereocenters. The van der Waals surface area contributed by atoms with Crippen LogP contribution in [0.25, 0.3) is 0 Å². The van der Waals surface area contributed by atoms with Crippen molar-refractivity contribution in [3.63, 3.8) is 0 Å². The van der Waals surface area contributed by atoms with Crippen molar-refractivity contribution in [1.82, 2.24) is 4.90 Å². The number of amides is 2. The van der Waals surface area contributed by atoms with E-state index in [1.165, 1.54) is 4.90 Å². The molecule has 1 heterocycles. The van der Waals surface area contributed by atoms with Crippen molar-refractivity contribution in [2.45, 2.75) is 69.9 Å². The van der Waals surface area contributed by atoms with E-state index in [0.29, 0.717) is 0 Å². The Morgan fingerprint density at radius 1 is 0.794 bits per heavy atom. The molecular formula is C29H31NO4. The monoisotopic (exact) mass is 457 g/mol. The van der Waals surface area contributed by atoms with Crippen LogP contribution in [0.4, 0.5) is 0 Å². The van der Waals surface area contributed by atoms with E-state index >= 15 is 0 Å². The first-order valence-electron chi connectivity index (χ1n) is 12.7. The van der Waals surface area contributed by atoms with Crippen molar-refractivity contribution in [1.29, 1.82) is 0 Å². The largest absolute Gasteiger partial charge is 0.461 e. The Hall–Kier alpha value is -2.95. The van der Waals surface area contributed by atoms with Crippen molar-refractivity contribution < 1.29 is 19.1 Å². The molecule has 2 aromatic rings. The Morgan fingerprint density at radius 2 is 1.24 bits per heavy atom. The van der Waals surface area contributed by atoms with Gasteiger partial charge in [0.1, 0.15) is 12.1 Å². The number of hydrogen-bond acceptors (Lipinski definition) is 4. The van der Waals surface area contributed by atoms with E-state index in [-0.39, 0.29) is 35.7 Å². The zero-order chi connectivity index (χ0) is 23.6. The summed E-state index contributed by atoms with van der Waals surface area (Å²) >= 11 is 0. The molecule has 0 radical (unpaired) electrons. The zero-order valence-corrected chi connectivity index (χ0v) is 19.8. The molecule has 2 bridgehead atoms. The predicted molar refractivity (Wildman–Crippen MR) is 127 cm³/mol. The number of carbonyl (C=O) groups is 3. The van der Waals surface area contributed by atoms with Crippen LogP contribution in [0.3, 0.4) is 0 Å². The van der Waals surface area contributed by atoms with Crippen LogP contribution in [-0.4, -0.2) is 34.8 Å². The molecule has 0 N–H and O–H groups in total. The first kappa shape index (κ1) is 21.6. The number of carbonyl (C=O) groups excluding carboxylic acids is 3. The van der Waals surface area contributed by atoms with Crippen molar-refractivity contribution in [3.05, 3.63) is 70.8 Å². The van der Waals surface area contributed by atoms with Gasteiger partial charge in [-0.15, -0.1) is 0 Å². The molecule has 1 saturated carbocycles. The fraction of sp³-hybridized carbons (Fsp3) is 0.483. The summed E-state index contributed by atoms with van der Waals surface area (Å²) in [6, 6.07) is 15.5. The van der Waals surface area contributed by atoms with E-state index in [9.17, 15) is 14.4 Å². The molecule has 2 amide bonds. The summed E-state index contributed by atoms with van der Waals surface area (Å²) in [7, 11) is 0. The van der Waals surface area contributed by atoms with Gasteiger partial charge in [-0.1, -0.05) is 68.8 Å². The van der Waals surface area contributed by atoms with Gasteiger partial charge in [-0.3, -0.25) is 14.5 Å². The first-order valence-corrected chi connectivity index (χ1v) is 12.7. The van der Waals surface area contributed by atoms with Crippen molar-refractivity contribution >= 4 is 17.8 Å². The number of esters is 1. The van der Waals surface area contributed by atoms with Crippen LogP contribution in [-0.2, 0) is 19.1 Å². The summed E-state index contributed by atoms with van der Waals surface area (Å²) in [6.45, 7) is 3.79. The van der Waals surface area contributed by atoms with Gasteiger partial charge in [0.05, 0.1) is 11.8 Å². The number of nitrogens with zero attached hydrogens (tertiary/aromatic N) is 1. The van der Waals surface area contributed by atoms with E-state index in [2.05, 4.69) is 24.3 Å².